The minimum Gasteiger partial charge on any atom is -0.494 e. The number of hydrogen-bond acceptors (Lipinski definition) is 10. The number of fused-ring (bicyclic) bond motifs is 1. The summed E-state index contributed by atoms with van der Waals surface area (Å²) in [6.45, 7) is 3.54. The zero-order valence-electron chi connectivity index (χ0n) is 20.9. The molecule has 0 amide bonds. The third-order valence-corrected chi connectivity index (χ3v) is 7.13. The fourth-order valence-electron chi connectivity index (χ4n) is 3.57. The number of halogens is 2. The molecule has 0 aliphatic carbocycles. The van der Waals surface area contributed by atoms with E-state index >= 15 is 0 Å². The van der Waals surface area contributed by atoms with Gasteiger partial charge >= 0.3 is 0 Å². The van der Waals surface area contributed by atoms with Crippen LogP contribution in [0.3, 0.4) is 0 Å². The lowest BCUT2D eigenvalue weighted by atomic mass is 10.2. The summed E-state index contributed by atoms with van der Waals surface area (Å²) in [5.74, 6) is 0.902. The van der Waals surface area contributed by atoms with E-state index in [1.165, 1.54) is 25.6 Å². The number of azo groups is 2. The van der Waals surface area contributed by atoms with E-state index in [2.05, 4.69) is 43.3 Å². The van der Waals surface area contributed by atoms with Crippen molar-refractivity contribution in [2.45, 2.75) is 13.3 Å². The van der Waals surface area contributed by atoms with E-state index in [0.29, 0.717) is 62.2 Å². The summed E-state index contributed by atoms with van der Waals surface area (Å²) >= 11 is 13.5. The van der Waals surface area contributed by atoms with Crippen LogP contribution >= 0.6 is 34.5 Å². The smallest absolute Gasteiger partial charge is 0.231 e. The van der Waals surface area contributed by atoms with Gasteiger partial charge in [0.25, 0.3) is 0 Å². The molecule has 0 unspecified atom stereocenters. The molecule has 4 aromatic rings. The highest BCUT2D eigenvalue weighted by Gasteiger charge is 2.13. The van der Waals surface area contributed by atoms with Gasteiger partial charge in [0.15, 0.2) is 0 Å². The van der Waals surface area contributed by atoms with Gasteiger partial charge in [-0.3, -0.25) is 0 Å². The Labute approximate surface area is 234 Å². The third-order valence-electron chi connectivity index (χ3n) is 5.51. The van der Waals surface area contributed by atoms with Gasteiger partial charge in [0.05, 0.1) is 52.7 Å². The van der Waals surface area contributed by atoms with Crippen LogP contribution < -0.4 is 14.4 Å². The van der Waals surface area contributed by atoms with Crippen LogP contribution in [-0.4, -0.2) is 32.3 Å². The highest BCUT2D eigenvalue weighted by atomic mass is 35.5. The van der Waals surface area contributed by atoms with Crippen LogP contribution in [0, 0.1) is 11.3 Å². The average molecular weight is 568 g/mol. The quantitative estimate of drug-likeness (QED) is 0.177. The fourth-order valence-corrected chi connectivity index (χ4v) is 4.76. The van der Waals surface area contributed by atoms with Crippen molar-refractivity contribution < 1.29 is 9.47 Å². The van der Waals surface area contributed by atoms with Crippen LogP contribution in [0.5, 0.6) is 11.5 Å². The summed E-state index contributed by atoms with van der Waals surface area (Å²) in [6.07, 6.45) is 0.469. The van der Waals surface area contributed by atoms with Crippen LogP contribution in [0.2, 0.25) is 10.0 Å². The highest BCUT2D eigenvalue weighted by Crippen LogP contribution is 2.42. The Kier molecular flexibility index (Phi) is 9.07. The molecule has 1 heterocycles. The molecule has 0 atom stereocenters. The number of rotatable bonds is 10. The maximum atomic E-state index is 8.86. The molecule has 12 heteroatoms. The Morgan fingerprint density at radius 1 is 0.921 bits per heavy atom. The second kappa shape index (κ2) is 12.6. The van der Waals surface area contributed by atoms with Crippen molar-refractivity contribution in [3.63, 3.8) is 0 Å². The molecule has 0 saturated carbocycles. The lowest BCUT2D eigenvalue weighted by Gasteiger charge is -2.21. The number of nitrogens with zero attached hydrogens (tertiary/aromatic N) is 7. The molecule has 0 N–H and O–H groups in total. The maximum absolute atomic E-state index is 8.86. The molecule has 0 aliphatic rings. The summed E-state index contributed by atoms with van der Waals surface area (Å²) in [5, 5.41) is 27.5. The van der Waals surface area contributed by atoms with Gasteiger partial charge in [0.2, 0.25) is 5.13 Å². The van der Waals surface area contributed by atoms with E-state index in [4.69, 9.17) is 37.9 Å². The molecule has 38 heavy (non-hydrogen) atoms. The van der Waals surface area contributed by atoms with Gasteiger partial charge in [0.1, 0.15) is 22.9 Å². The van der Waals surface area contributed by atoms with Crippen LogP contribution in [0.1, 0.15) is 13.3 Å². The van der Waals surface area contributed by atoms with Crippen molar-refractivity contribution in [1.82, 2.24) is 4.98 Å². The van der Waals surface area contributed by atoms with E-state index in [0.717, 1.165) is 16.9 Å². The molecular weight excluding hydrogens is 545 g/mol. The second-order valence-electron chi connectivity index (χ2n) is 7.83. The highest BCUT2D eigenvalue weighted by molar-refractivity contribution is 7.22. The minimum atomic E-state index is 0.429. The van der Waals surface area contributed by atoms with Crippen LogP contribution in [0.4, 0.5) is 27.9 Å². The SMILES string of the molecule is CCN(CCC#N)c1ccc(N=Nc2cc(OC)c(N=Nc3nc4cc(Cl)c(Cl)cc4s3)cc2OC)cc1. The number of nitriles is 1. The molecule has 4 rings (SSSR count). The molecule has 1 aromatic heterocycles. The van der Waals surface area contributed by atoms with Gasteiger partial charge in [-0.05, 0) is 43.3 Å². The number of thiazole rings is 1. The summed E-state index contributed by atoms with van der Waals surface area (Å²) in [4.78, 5) is 6.57. The van der Waals surface area contributed by atoms with E-state index in [1.54, 1.807) is 24.3 Å². The molecule has 0 bridgehead atoms. The molecule has 3 aromatic carbocycles. The first-order valence-electron chi connectivity index (χ1n) is 11.5. The summed E-state index contributed by atoms with van der Waals surface area (Å²) in [5.41, 5.74) is 3.30. The monoisotopic (exact) mass is 567 g/mol. The van der Waals surface area contributed by atoms with Crippen molar-refractivity contribution in [3.05, 3.63) is 58.6 Å². The first kappa shape index (κ1) is 27.3. The number of anilines is 1. The van der Waals surface area contributed by atoms with Crippen molar-refractivity contribution in [1.29, 1.82) is 5.26 Å². The van der Waals surface area contributed by atoms with Crippen LogP contribution in [-0.2, 0) is 0 Å². The maximum Gasteiger partial charge on any atom is 0.231 e. The summed E-state index contributed by atoms with van der Waals surface area (Å²) in [6, 6.07) is 16.7. The topological polar surface area (TPSA) is 108 Å². The molecule has 0 saturated heterocycles. The Bertz CT molecular complexity index is 1490. The van der Waals surface area contributed by atoms with E-state index in [1.807, 2.05) is 24.3 Å². The summed E-state index contributed by atoms with van der Waals surface area (Å²) < 4.78 is 11.9. The molecule has 0 spiro atoms. The molecule has 0 fully saturated rings. The normalized spacial score (nSPS) is 11.4. The third kappa shape index (κ3) is 6.37. The Balaban J connectivity index is 1.56. The number of ether oxygens (including phenoxy) is 2. The number of benzene rings is 3. The lowest BCUT2D eigenvalue weighted by molar-refractivity contribution is 0.405. The summed E-state index contributed by atoms with van der Waals surface area (Å²) in [7, 11) is 3.08. The lowest BCUT2D eigenvalue weighted by Crippen LogP contribution is -2.23. The minimum absolute atomic E-state index is 0.429. The van der Waals surface area contributed by atoms with E-state index < -0.39 is 0 Å². The number of methoxy groups -OCH3 is 2. The largest absolute Gasteiger partial charge is 0.494 e. The standard InChI is InChI=1S/C26H23Cl2N7O2S/c1-4-35(11-5-10-29)17-8-6-16(7-9-17)31-32-20-14-24(37-3)21(15-23(20)36-2)33-34-26-30-22-12-18(27)19(28)13-25(22)38-26/h6-9,12-15H,4-5,11H2,1-3H3. The first-order valence-corrected chi connectivity index (χ1v) is 13.1. The molecule has 0 radical (unpaired) electrons. The predicted octanol–water partition coefficient (Wildman–Crippen LogP) is 9.19. The van der Waals surface area contributed by atoms with Gasteiger partial charge in [-0.15, -0.1) is 15.3 Å². The fraction of sp³-hybridized carbons (Fsp3) is 0.231. The Hall–Kier alpha value is -3.78. The van der Waals surface area contributed by atoms with Crippen molar-refractivity contribution in [3.8, 4) is 17.6 Å². The van der Waals surface area contributed by atoms with Crippen molar-refractivity contribution in [2.75, 3.05) is 32.2 Å². The average Bonchev–Trinajstić information content (AvgIpc) is 3.33. The zero-order chi connectivity index (χ0) is 27.1. The van der Waals surface area contributed by atoms with Crippen LogP contribution in [0.25, 0.3) is 10.2 Å². The molecule has 194 valence electrons. The van der Waals surface area contributed by atoms with E-state index in [-0.39, 0.29) is 0 Å². The Morgan fingerprint density at radius 2 is 1.55 bits per heavy atom. The second-order valence-corrected chi connectivity index (χ2v) is 9.65. The molecular formula is C26H23Cl2N7O2S. The number of aromatic nitrogens is 1. The van der Waals surface area contributed by atoms with Crippen molar-refractivity contribution in [2.24, 2.45) is 20.5 Å². The van der Waals surface area contributed by atoms with Gasteiger partial charge in [0, 0.05) is 30.9 Å². The van der Waals surface area contributed by atoms with Crippen molar-refractivity contribution >= 4 is 72.6 Å². The predicted molar refractivity (Wildman–Crippen MR) is 152 cm³/mol. The van der Waals surface area contributed by atoms with Gasteiger partial charge in [-0.1, -0.05) is 34.5 Å². The number of hydrogen-bond donors (Lipinski definition) is 0. The van der Waals surface area contributed by atoms with Gasteiger partial charge < -0.3 is 14.4 Å². The van der Waals surface area contributed by atoms with E-state index in [9.17, 15) is 0 Å². The van der Waals surface area contributed by atoms with Gasteiger partial charge in [-0.25, -0.2) is 4.98 Å². The molecule has 0 aliphatic heterocycles. The first-order chi connectivity index (χ1) is 18.4. The van der Waals surface area contributed by atoms with Gasteiger partial charge in [-0.2, -0.15) is 10.4 Å². The zero-order valence-corrected chi connectivity index (χ0v) is 23.2. The molecule has 9 nitrogen and oxygen atoms in total. The van der Waals surface area contributed by atoms with Crippen LogP contribution in [0.15, 0.2) is 69.0 Å². The Morgan fingerprint density at radius 3 is 2.16 bits per heavy atom.